The summed E-state index contributed by atoms with van der Waals surface area (Å²) in [7, 11) is 0. The summed E-state index contributed by atoms with van der Waals surface area (Å²) in [6.45, 7) is 10.5. The molecule has 0 saturated heterocycles. The Kier molecular flexibility index (Phi) is 5.98. The maximum Gasteiger partial charge on any atom is 0.352 e. The largest absolute Gasteiger partial charge is 0.354 e. The van der Waals surface area contributed by atoms with Crippen LogP contribution in [0.25, 0.3) is 0 Å². The van der Waals surface area contributed by atoms with Crippen LogP contribution in [-0.2, 0) is 0 Å². The fourth-order valence-electron chi connectivity index (χ4n) is 1.15. The molecule has 0 fully saturated rings. The second-order valence-electron chi connectivity index (χ2n) is 4.38. The van der Waals surface area contributed by atoms with Crippen molar-refractivity contribution in [2.24, 2.45) is 5.16 Å². The Morgan fingerprint density at radius 1 is 1.21 bits per heavy atom. The van der Waals surface area contributed by atoms with Gasteiger partial charge in [-0.1, -0.05) is 12.1 Å². The van der Waals surface area contributed by atoms with E-state index in [9.17, 15) is 0 Å². The third-order valence-corrected chi connectivity index (χ3v) is 2.25. The molecule has 0 spiro atoms. The number of rotatable bonds is 7. The molecule has 1 atom stereocenters. The van der Waals surface area contributed by atoms with E-state index in [4.69, 9.17) is 4.84 Å². The molecule has 0 amide bonds. The first-order valence-corrected chi connectivity index (χ1v) is 6.49. The summed E-state index contributed by atoms with van der Waals surface area (Å²) in [5.74, 6) is 0.960. The van der Waals surface area contributed by atoms with Crippen molar-refractivity contribution in [1.82, 2.24) is 15.0 Å². The van der Waals surface area contributed by atoms with Gasteiger partial charge in [-0.25, -0.2) is 0 Å². The van der Waals surface area contributed by atoms with Gasteiger partial charge >= 0.3 is 6.01 Å². The molecule has 0 saturated carbocycles. The molecule has 2 N–H and O–H groups in total. The Balaban J connectivity index is 2.92. The first kappa shape index (κ1) is 15.1. The Labute approximate surface area is 113 Å². The third kappa shape index (κ3) is 5.50. The van der Waals surface area contributed by atoms with E-state index in [1.807, 2.05) is 20.8 Å². The quantitative estimate of drug-likeness (QED) is 0.582. The highest BCUT2D eigenvalue weighted by atomic mass is 16.6. The molecule has 0 aliphatic rings. The highest BCUT2D eigenvalue weighted by Crippen LogP contribution is 2.12. The highest BCUT2D eigenvalue weighted by molar-refractivity contribution is 5.78. The van der Waals surface area contributed by atoms with Gasteiger partial charge in [0.2, 0.25) is 11.9 Å². The smallest absolute Gasteiger partial charge is 0.352 e. The normalized spacial score (nSPS) is 11.6. The fraction of sp³-hybridized carbons (Fsp3) is 0.667. The summed E-state index contributed by atoms with van der Waals surface area (Å²) in [5, 5.41) is 10.1. The molecule has 7 nitrogen and oxygen atoms in total. The first-order chi connectivity index (χ1) is 9.05. The Morgan fingerprint density at radius 3 is 2.47 bits per heavy atom. The van der Waals surface area contributed by atoms with Crippen molar-refractivity contribution in [3.63, 3.8) is 0 Å². The minimum atomic E-state index is 0.179. The molecule has 1 aromatic heterocycles. The summed E-state index contributed by atoms with van der Waals surface area (Å²) in [5.41, 5.74) is 0.793. The van der Waals surface area contributed by atoms with Crippen LogP contribution in [0.5, 0.6) is 6.01 Å². The van der Waals surface area contributed by atoms with Crippen LogP contribution in [0.3, 0.4) is 0 Å². The van der Waals surface area contributed by atoms with Crippen LogP contribution in [-0.4, -0.2) is 33.3 Å². The van der Waals surface area contributed by atoms with Crippen LogP contribution in [0.1, 0.15) is 41.0 Å². The molecule has 0 bridgehead atoms. The molecule has 1 aromatic rings. The molecule has 0 unspecified atom stereocenters. The van der Waals surface area contributed by atoms with Gasteiger partial charge in [-0.05, 0) is 34.1 Å². The van der Waals surface area contributed by atoms with E-state index >= 15 is 0 Å². The van der Waals surface area contributed by atoms with E-state index in [0.717, 1.165) is 18.7 Å². The van der Waals surface area contributed by atoms with Gasteiger partial charge in [-0.15, -0.1) is 0 Å². The molecule has 7 heteroatoms. The van der Waals surface area contributed by atoms with Crippen LogP contribution < -0.4 is 15.5 Å². The summed E-state index contributed by atoms with van der Waals surface area (Å²) in [6, 6.07) is 0.457. The Morgan fingerprint density at radius 2 is 1.89 bits per heavy atom. The van der Waals surface area contributed by atoms with Crippen molar-refractivity contribution in [1.29, 1.82) is 0 Å². The fourth-order valence-corrected chi connectivity index (χ4v) is 1.15. The maximum absolute atomic E-state index is 5.16. The average molecular weight is 266 g/mol. The van der Waals surface area contributed by atoms with Crippen molar-refractivity contribution >= 4 is 17.6 Å². The van der Waals surface area contributed by atoms with E-state index in [1.165, 1.54) is 0 Å². The molecule has 0 radical (unpaired) electrons. The zero-order valence-electron chi connectivity index (χ0n) is 12.2. The minimum Gasteiger partial charge on any atom is -0.354 e. The zero-order chi connectivity index (χ0) is 14.3. The molecule has 1 heterocycles. The van der Waals surface area contributed by atoms with Crippen LogP contribution >= 0.6 is 0 Å². The Bertz CT molecular complexity index is 430. The lowest BCUT2D eigenvalue weighted by molar-refractivity contribution is 0.312. The van der Waals surface area contributed by atoms with Crippen molar-refractivity contribution < 1.29 is 4.84 Å². The number of hydrogen-bond acceptors (Lipinski definition) is 7. The molecule has 1 rings (SSSR count). The zero-order valence-corrected chi connectivity index (χ0v) is 12.2. The lowest BCUT2D eigenvalue weighted by Gasteiger charge is -2.12. The number of hydrogen-bond donors (Lipinski definition) is 2. The molecule has 0 aliphatic heterocycles. The van der Waals surface area contributed by atoms with Gasteiger partial charge in [0, 0.05) is 12.6 Å². The molecule has 0 aliphatic carbocycles. The van der Waals surface area contributed by atoms with Gasteiger partial charge in [-0.2, -0.15) is 15.0 Å². The predicted molar refractivity (Wildman–Crippen MR) is 76.8 cm³/mol. The average Bonchev–Trinajstić information content (AvgIpc) is 2.36. The van der Waals surface area contributed by atoms with E-state index in [1.54, 1.807) is 0 Å². The highest BCUT2D eigenvalue weighted by Gasteiger charge is 2.09. The van der Waals surface area contributed by atoms with Crippen LogP contribution in [0, 0.1) is 0 Å². The molecule has 19 heavy (non-hydrogen) atoms. The first-order valence-electron chi connectivity index (χ1n) is 6.49. The summed E-state index contributed by atoms with van der Waals surface area (Å²) < 4.78 is 0. The Hall–Kier alpha value is -1.92. The van der Waals surface area contributed by atoms with E-state index in [2.05, 4.69) is 44.6 Å². The topological polar surface area (TPSA) is 84.3 Å². The maximum atomic E-state index is 5.16. The van der Waals surface area contributed by atoms with Gasteiger partial charge in [-0.3, -0.25) is 0 Å². The SMILES string of the molecule is CCNc1nc(N[C@@H](C)CC)nc(ON=C(C)C)n1. The van der Waals surface area contributed by atoms with Crippen LogP contribution in [0.15, 0.2) is 5.16 Å². The second-order valence-corrected chi connectivity index (χ2v) is 4.38. The number of nitrogens with one attached hydrogen (secondary N) is 2. The van der Waals surface area contributed by atoms with Crippen molar-refractivity contribution in [3.8, 4) is 6.01 Å². The van der Waals surface area contributed by atoms with E-state index in [0.29, 0.717) is 11.9 Å². The van der Waals surface area contributed by atoms with Crippen LogP contribution in [0.2, 0.25) is 0 Å². The molecule has 0 aromatic carbocycles. The van der Waals surface area contributed by atoms with Crippen LogP contribution in [0.4, 0.5) is 11.9 Å². The van der Waals surface area contributed by atoms with Crippen molar-refractivity contribution in [2.75, 3.05) is 17.2 Å². The third-order valence-electron chi connectivity index (χ3n) is 2.25. The minimum absolute atomic E-state index is 0.179. The predicted octanol–water partition coefficient (Wildman–Crippen LogP) is 2.29. The summed E-state index contributed by atoms with van der Waals surface area (Å²) in [4.78, 5) is 17.7. The molecular weight excluding hydrogens is 244 g/mol. The second kappa shape index (κ2) is 7.50. The lowest BCUT2D eigenvalue weighted by atomic mass is 10.3. The van der Waals surface area contributed by atoms with Crippen molar-refractivity contribution in [3.05, 3.63) is 0 Å². The number of aromatic nitrogens is 3. The van der Waals surface area contributed by atoms with Gasteiger partial charge in [0.25, 0.3) is 0 Å². The summed E-state index contributed by atoms with van der Waals surface area (Å²) in [6.07, 6.45) is 0.977. The number of oxime groups is 1. The lowest BCUT2D eigenvalue weighted by Crippen LogP contribution is -2.17. The molecule has 106 valence electrons. The monoisotopic (exact) mass is 266 g/mol. The van der Waals surface area contributed by atoms with Gasteiger partial charge in [0.15, 0.2) is 0 Å². The number of nitrogens with zero attached hydrogens (tertiary/aromatic N) is 4. The standard InChI is InChI=1S/C12H22N6O/c1-6-9(5)14-11-15-10(13-7-2)16-12(17-11)19-18-8(3)4/h9H,6-7H2,1-5H3,(H2,13,14,15,16,17)/t9-/m0/s1. The van der Waals surface area contributed by atoms with E-state index in [-0.39, 0.29) is 12.1 Å². The van der Waals surface area contributed by atoms with Crippen molar-refractivity contribution in [2.45, 2.75) is 47.1 Å². The van der Waals surface area contributed by atoms with Gasteiger partial charge in [0.1, 0.15) is 0 Å². The van der Waals surface area contributed by atoms with Gasteiger partial charge in [0.05, 0.1) is 5.71 Å². The molecular formula is C12H22N6O. The summed E-state index contributed by atoms with van der Waals surface area (Å²) >= 11 is 0. The van der Waals surface area contributed by atoms with Gasteiger partial charge < -0.3 is 15.5 Å². The van der Waals surface area contributed by atoms with E-state index < -0.39 is 0 Å². The number of anilines is 2.